The van der Waals surface area contributed by atoms with E-state index in [1.54, 1.807) is 17.4 Å². The van der Waals surface area contributed by atoms with Crippen molar-refractivity contribution in [2.45, 2.75) is 0 Å². The van der Waals surface area contributed by atoms with E-state index in [1.807, 2.05) is 41.8 Å². The van der Waals surface area contributed by atoms with Gasteiger partial charge in [-0.15, -0.1) is 11.3 Å². The first-order valence-electron chi connectivity index (χ1n) is 7.68. The van der Waals surface area contributed by atoms with Crippen LogP contribution in [0.5, 0.6) is 0 Å². The van der Waals surface area contributed by atoms with Crippen molar-refractivity contribution in [1.82, 2.24) is 9.97 Å². The number of carbonyl (C=O) groups is 1. The quantitative estimate of drug-likeness (QED) is 0.465. The van der Waals surface area contributed by atoms with Gasteiger partial charge in [0.25, 0.3) is 5.91 Å². The van der Waals surface area contributed by atoms with E-state index in [0.717, 1.165) is 21.5 Å². The molecule has 0 saturated heterocycles. The summed E-state index contributed by atoms with van der Waals surface area (Å²) in [5.74, 6) is -0.0437. The van der Waals surface area contributed by atoms with Crippen molar-refractivity contribution in [3.8, 4) is 10.6 Å². The van der Waals surface area contributed by atoms with Crippen molar-refractivity contribution in [3.05, 3.63) is 75.7 Å². The summed E-state index contributed by atoms with van der Waals surface area (Å²) in [6.45, 7) is 0. The highest BCUT2D eigenvalue weighted by Crippen LogP contribution is 2.29. The van der Waals surface area contributed by atoms with Crippen molar-refractivity contribution in [2.24, 2.45) is 0 Å². The first-order chi connectivity index (χ1) is 12.6. The number of nitrogens with one attached hydrogen (secondary N) is 1. The van der Waals surface area contributed by atoms with Gasteiger partial charge in [-0.25, -0.2) is 9.97 Å². The molecule has 3 heterocycles. The first-order valence-corrected chi connectivity index (χ1v) is 9.31. The summed E-state index contributed by atoms with van der Waals surface area (Å²) in [4.78, 5) is 22.7. The fourth-order valence-electron chi connectivity index (χ4n) is 2.60. The van der Waals surface area contributed by atoms with E-state index >= 15 is 0 Å². The van der Waals surface area contributed by atoms with E-state index < -0.39 is 0 Å². The Morgan fingerprint density at radius 2 is 1.92 bits per heavy atom. The van der Waals surface area contributed by atoms with Gasteiger partial charge in [-0.05, 0) is 29.6 Å². The Morgan fingerprint density at radius 3 is 2.69 bits per heavy atom. The summed E-state index contributed by atoms with van der Waals surface area (Å²) >= 11 is 13.5. The minimum absolute atomic E-state index is 0.264. The molecule has 0 saturated carbocycles. The molecule has 0 aliphatic rings. The van der Waals surface area contributed by atoms with Gasteiger partial charge in [0.05, 0.1) is 31.7 Å². The number of amides is 1. The number of thiophene rings is 1. The molecule has 0 bridgehead atoms. The number of para-hydroxylation sites is 1. The molecule has 1 amide bonds. The lowest BCUT2D eigenvalue weighted by molar-refractivity contribution is 0.102. The molecule has 0 spiro atoms. The van der Waals surface area contributed by atoms with Gasteiger partial charge in [-0.1, -0.05) is 47.5 Å². The van der Waals surface area contributed by atoms with Crippen LogP contribution < -0.4 is 5.32 Å². The van der Waals surface area contributed by atoms with Crippen LogP contribution in [0.2, 0.25) is 10.0 Å². The van der Waals surface area contributed by atoms with Gasteiger partial charge in [0.2, 0.25) is 0 Å². The molecule has 1 aromatic carbocycles. The monoisotopic (exact) mass is 399 g/mol. The second-order valence-corrected chi connectivity index (χ2v) is 7.28. The van der Waals surface area contributed by atoms with E-state index in [0.29, 0.717) is 10.6 Å². The molecule has 4 aromatic rings. The summed E-state index contributed by atoms with van der Waals surface area (Å²) in [6, 6.07) is 14.8. The Hall–Kier alpha value is -2.47. The van der Waals surface area contributed by atoms with E-state index in [2.05, 4.69) is 15.3 Å². The second kappa shape index (κ2) is 7.03. The molecule has 3 aromatic heterocycles. The van der Waals surface area contributed by atoms with Gasteiger partial charge in [0.1, 0.15) is 0 Å². The smallest absolute Gasteiger partial charge is 0.257 e. The molecule has 0 unspecified atom stereocenters. The number of benzene rings is 1. The maximum absolute atomic E-state index is 12.9. The van der Waals surface area contributed by atoms with E-state index in [4.69, 9.17) is 23.2 Å². The molecule has 128 valence electrons. The van der Waals surface area contributed by atoms with Gasteiger partial charge in [-0.3, -0.25) is 4.79 Å². The number of hydrogen-bond donors (Lipinski definition) is 1. The molecule has 0 radical (unpaired) electrons. The predicted octanol–water partition coefficient (Wildman–Crippen LogP) is 5.92. The van der Waals surface area contributed by atoms with Crippen LogP contribution in [0.1, 0.15) is 10.4 Å². The number of aromatic nitrogens is 2. The van der Waals surface area contributed by atoms with E-state index in [1.165, 1.54) is 12.3 Å². The highest BCUT2D eigenvalue weighted by Gasteiger charge is 2.16. The Balaban J connectivity index is 1.80. The molecular formula is C19H11Cl2N3OS. The molecule has 4 nitrogen and oxygen atoms in total. The summed E-state index contributed by atoms with van der Waals surface area (Å²) in [5.41, 5.74) is 2.00. The minimum atomic E-state index is -0.307. The van der Waals surface area contributed by atoms with Crippen LogP contribution in [0.3, 0.4) is 0 Å². The highest BCUT2D eigenvalue weighted by atomic mass is 35.5. The van der Waals surface area contributed by atoms with Crippen molar-refractivity contribution >= 4 is 57.2 Å². The third-order valence-corrected chi connectivity index (χ3v) is 5.16. The Kier molecular flexibility index (Phi) is 4.59. The van der Waals surface area contributed by atoms with Crippen LogP contribution in [-0.4, -0.2) is 15.9 Å². The van der Waals surface area contributed by atoms with Crippen LogP contribution in [0.25, 0.3) is 21.5 Å². The fraction of sp³-hybridized carbons (Fsp3) is 0. The number of pyridine rings is 2. The molecule has 26 heavy (non-hydrogen) atoms. The van der Waals surface area contributed by atoms with Gasteiger partial charge in [-0.2, -0.15) is 0 Å². The van der Waals surface area contributed by atoms with Crippen molar-refractivity contribution in [3.63, 3.8) is 0 Å². The third kappa shape index (κ3) is 3.29. The maximum atomic E-state index is 12.9. The second-order valence-electron chi connectivity index (χ2n) is 5.49. The number of anilines is 1. The number of hydrogen-bond acceptors (Lipinski definition) is 4. The highest BCUT2D eigenvalue weighted by molar-refractivity contribution is 7.13. The van der Waals surface area contributed by atoms with Crippen LogP contribution in [-0.2, 0) is 0 Å². The maximum Gasteiger partial charge on any atom is 0.257 e. The number of nitrogens with zero attached hydrogens (tertiary/aromatic N) is 2. The molecule has 4 rings (SSSR count). The molecule has 0 atom stereocenters. The third-order valence-electron chi connectivity index (χ3n) is 3.77. The standard InChI is InChI=1S/C19H11Cl2N3OS/c20-11-8-14(21)18(22-10-11)24-19(25)13-9-16(17-6-3-7-26-17)23-15-5-2-1-4-12(13)15/h1-10H,(H,22,24,25). The molecule has 0 fully saturated rings. The van der Waals surface area contributed by atoms with Crippen LogP contribution in [0.15, 0.2) is 60.1 Å². The average Bonchev–Trinajstić information content (AvgIpc) is 3.18. The Labute approximate surface area is 163 Å². The summed E-state index contributed by atoms with van der Waals surface area (Å²) < 4.78 is 0. The number of carbonyl (C=O) groups excluding carboxylic acids is 1. The van der Waals surface area contributed by atoms with Crippen molar-refractivity contribution < 1.29 is 4.79 Å². The zero-order valence-electron chi connectivity index (χ0n) is 13.2. The Bertz CT molecular complexity index is 1110. The van der Waals surface area contributed by atoms with Crippen LogP contribution in [0, 0.1) is 0 Å². The molecule has 7 heteroatoms. The Morgan fingerprint density at radius 1 is 1.08 bits per heavy atom. The van der Waals surface area contributed by atoms with Crippen LogP contribution >= 0.6 is 34.5 Å². The predicted molar refractivity (Wildman–Crippen MR) is 107 cm³/mol. The minimum Gasteiger partial charge on any atom is -0.305 e. The van der Waals surface area contributed by atoms with Crippen LogP contribution in [0.4, 0.5) is 5.82 Å². The lowest BCUT2D eigenvalue weighted by Gasteiger charge is -2.10. The van der Waals surface area contributed by atoms with E-state index in [-0.39, 0.29) is 16.7 Å². The fourth-order valence-corrected chi connectivity index (χ4v) is 3.71. The summed E-state index contributed by atoms with van der Waals surface area (Å²) in [5, 5.41) is 6.17. The van der Waals surface area contributed by atoms with Gasteiger partial charge < -0.3 is 5.32 Å². The largest absolute Gasteiger partial charge is 0.305 e. The molecular weight excluding hydrogens is 389 g/mol. The van der Waals surface area contributed by atoms with Crippen molar-refractivity contribution in [2.75, 3.05) is 5.32 Å². The normalized spacial score (nSPS) is 10.8. The zero-order chi connectivity index (χ0) is 18.1. The SMILES string of the molecule is O=C(Nc1ncc(Cl)cc1Cl)c1cc(-c2cccs2)nc2ccccc12. The number of halogens is 2. The topological polar surface area (TPSA) is 54.9 Å². The molecule has 1 N–H and O–H groups in total. The summed E-state index contributed by atoms with van der Waals surface area (Å²) in [7, 11) is 0. The zero-order valence-corrected chi connectivity index (χ0v) is 15.6. The average molecular weight is 400 g/mol. The van der Waals surface area contributed by atoms with Crippen molar-refractivity contribution in [1.29, 1.82) is 0 Å². The summed E-state index contributed by atoms with van der Waals surface area (Å²) in [6.07, 6.45) is 1.44. The van der Waals surface area contributed by atoms with E-state index in [9.17, 15) is 4.79 Å². The molecule has 0 aliphatic carbocycles. The van der Waals surface area contributed by atoms with Gasteiger partial charge in [0.15, 0.2) is 5.82 Å². The first kappa shape index (κ1) is 17.0. The van der Waals surface area contributed by atoms with Gasteiger partial charge >= 0.3 is 0 Å². The number of fused-ring (bicyclic) bond motifs is 1. The lowest BCUT2D eigenvalue weighted by Crippen LogP contribution is -2.14. The lowest BCUT2D eigenvalue weighted by atomic mass is 10.1. The van der Waals surface area contributed by atoms with Gasteiger partial charge in [0, 0.05) is 11.6 Å². The molecule has 0 aliphatic heterocycles. The number of rotatable bonds is 3.